The fourth-order valence-electron chi connectivity index (χ4n) is 3.76. The molecule has 1 amide bonds. The van der Waals surface area contributed by atoms with E-state index >= 15 is 0 Å². The van der Waals surface area contributed by atoms with Gasteiger partial charge in [-0.3, -0.25) is 9.79 Å². The predicted molar refractivity (Wildman–Crippen MR) is 127 cm³/mol. The van der Waals surface area contributed by atoms with Crippen LogP contribution in [0, 0.1) is 0 Å². The fraction of sp³-hybridized carbons (Fsp3) is 0.375. The first-order valence-corrected chi connectivity index (χ1v) is 11.5. The molecule has 2 aromatic rings. The van der Waals surface area contributed by atoms with E-state index in [-0.39, 0.29) is 11.6 Å². The van der Waals surface area contributed by atoms with E-state index in [1.54, 1.807) is 0 Å². The Morgan fingerprint density at radius 3 is 2.43 bits per heavy atom. The first-order valence-electron chi connectivity index (χ1n) is 10.5. The van der Waals surface area contributed by atoms with Gasteiger partial charge >= 0.3 is 0 Å². The van der Waals surface area contributed by atoms with Crippen LogP contribution in [0.1, 0.15) is 30.9 Å². The normalized spacial score (nSPS) is 18.2. The molecule has 2 aliphatic rings. The molecule has 1 spiro atoms. The topological polar surface area (TPSA) is 57.1 Å². The number of nitrogens with zero attached hydrogens (tertiary/aromatic N) is 3. The van der Waals surface area contributed by atoms with Gasteiger partial charge in [0.25, 0.3) is 0 Å². The number of benzene rings is 2. The highest BCUT2D eigenvalue weighted by Crippen LogP contribution is 2.35. The molecule has 0 radical (unpaired) electrons. The molecule has 6 heteroatoms. The highest BCUT2D eigenvalue weighted by molar-refractivity contribution is 8.16. The number of carbonyl (C=O) groups is 1. The lowest BCUT2D eigenvalue weighted by atomic mass is 9.99. The van der Waals surface area contributed by atoms with Crippen molar-refractivity contribution in [3.63, 3.8) is 0 Å². The molecule has 2 aromatic carbocycles. The quantitative estimate of drug-likeness (QED) is 0.787. The van der Waals surface area contributed by atoms with Crippen molar-refractivity contribution in [3.05, 3.63) is 65.7 Å². The third-order valence-electron chi connectivity index (χ3n) is 5.65. The molecule has 156 valence electrons. The van der Waals surface area contributed by atoms with E-state index in [4.69, 9.17) is 9.98 Å². The largest absolute Gasteiger partial charge is 0.325 e. The summed E-state index contributed by atoms with van der Waals surface area (Å²) in [6.45, 7) is 4.10. The van der Waals surface area contributed by atoms with Gasteiger partial charge in [-0.2, -0.15) is 0 Å². The smallest absolute Gasteiger partial charge is 0.234 e. The second-order valence-electron chi connectivity index (χ2n) is 7.92. The summed E-state index contributed by atoms with van der Waals surface area (Å²) in [4.78, 5) is 25.0. The van der Waals surface area contributed by atoms with Crippen LogP contribution in [0.3, 0.4) is 0 Å². The van der Waals surface area contributed by atoms with E-state index in [2.05, 4.69) is 36.3 Å². The van der Waals surface area contributed by atoms with Gasteiger partial charge in [-0.05, 0) is 31.2 Å². The van der Waals surface area contributed by atoms with Crippen LogP contribution in [0.25, 0.3) is 0 Å². The van der Waals surface area contributed by atoms with Gasteiger partial charge in [0.05, 0.1) is 11.5 Å². The number of likely N-dealkylation sites (tertiary alicyclic amines) is 1. The molecule has 4 rings (SSSR count). The Hall–Kier alpha value is -2.44. The summed E-state index contributed by atoms with van der Waals surface area (Å²) in [6.07, 6.45) is 2.82. The van der Waals surface area contributed by atoms with Crippen LogP contribution >= 0.6 is 11.8 Å². The minimum Gasteiger partial charge on any atom is -0.325 e. The van der Waals surface area contributed by atoms with Gasteiger partial charge in [0.15, 0.2) is 5.66 Å². The van der Waals surface area contributed by atoms with Crippen LogP contribution in [0.4, 0.5) is 5.69 Å². The molecule has 2 aliphatic heterocycles. The Morgan fingerprint density at radius 2 is 1.77 bits per heavy atom. The highest BCUT2D eigenvalue weighted by atomic mass is 32.2. The summed E-state index contributed by atoms with van der Waals surface area (Å²) >= 11 is 1.48. The Bertz CT molecular complexity index is 945. The molecular formula is C24H28N4OS. The van der Waals surface area contributed by atoms with E-state index in [1.165, 1.54) is 17.3 Å². The zero-order valence-electron chi connectivity index (χ0n) is 17.6. The van der Waals surface area contributed by atoms with Gasteiger partial charge in [-0.25, -0.2) is 4.99 Å². The maximum atomic E-state index is 12.5. The summed E-state index contributed by atoms with van der Waals surface area (Å²) in [6, 6.07) is 18.2. The molecule has 0 saturated carbocycles. The van der Waals surface area contributed by atoms with Gasteiger partial charge in [0.2, 0.25) is 5.91 Å². The Balaban J connectivity index is 1.46. The van der Waals surface area contributed by atoms with Crippen molar-refractivity contribution < 1.29 is 4.79 Å². The zero-order valence-corrected chi connectivity index (χ0v) is 18.4. The summed E-state index contributed by atoms with van der Waals surface area (Å²) in [5.41, 5.74) is 3.71. The summed E-state index contributed by atoms with van der Waals surface area (Å²) < 4.78 is 0. The molecule has 1 N–H and O–H groups in total. The number of anilines is 1. The van der Waals surface area contributed by atoms with Crippen molar-refractivity contribution >= 4 is 34.1 Å². The van der Waals surface area contributed by atoms with E-state index in [0.717, 1.165) is 54.4 Å². The van der Waals surface area contributed by atoms with Crippen LogP contribution in [-0.4, -0.2) is 53.1 Å². The molecular weight excluding hydrogens is 392 g/mol. The SMILES string of the molecule is CCc1ccc(NC(=O)CSC2=NC3(CCN(C)CC3)N=C2c2ccccc2)cc1. The summed E-state index contributed by atoms with van der Waals surface area (Å²) in [5.74, 6) is 0.291. The molecule has 1 fully saturated rings. The lowest BCUT2D eigenvalue weighted by molar-refractivity contribution is -0.113. The van der Waals surface area contributed by atoms with Crippen LogP contribution in [0.2, 0.25) is 0 Å². The van der Waals surface area contributed by atoms with Gasteiger partial charge in [0.1, 0.15) is 5.04 Å². The Morgan fingerprint density at radius 1 is 1.07 bits per heavy atom. The van der Waals surface area contributed by atoms with Gasteiger partial charge in [-0.15, -0.1) is 0 Å². The maximum absolute atomic E-state index is 12.5. The van der Waals surface area contributed by atoms with Gasteiger partial charge < -0.3 is 10.2 Å². The fourth-order valence-corrected chi connectivity index (χ4v) is 4.64. The zero-order chi connectivity index (χ0) is 21.0. The number of thioether (sulfide) groups is 1. The average Bonchev–Trinajstić information content (AvgIpc) is 3.14. The summed E-state index contributed by atoms with van der Waals surface area (Å²) in [5, 5.41) is 3.86. The van der Waals surface area contributed by atoms with Crippen LogP contribution in [-0.2, 0) is 11.2 Å². The Kier molecular flexibility index (Phi) is 6.35. The predicted octanol–water partition coefficient (Wildman–Crippen LogP) is 4.24. The second-order valence-corrected chi connectivity index (χ2v) is 8.88. The Labute approximate surface area is 182 Å². The molecule has 2 heterocycles. The van der Waals surface area contributed by atoms with E-state index in [0.29, 0.717) is 5.75 Å². The molecule has 0 atom stereocenters. The number of rotatable bonds is 5. The average molecular weight is 421 g/mol. The second kappa shape index (κ2) is 9.14. The molecule has 0 aliphatic carbocycles. The number of hydrogen-bond donors (Lipinski definition) is 1. The van der Waals surface area contributed by atoms with E-state index < -0.39 is 0 Å². The van der Waals surface area contributed by atoms with Gasteiger partial charge in [-0.1, -0.05) is 61.2 Å². The first kappa shape index (κ1) is 20.8. The lowest BCUT2D eigenvalue weighted by Crippen LogP contribution is -2.39. The molecule has 0 unspecified atom stereocenters. The van der Waals surface area contributed by atoms with E-state index in [9.17, 15) is 4.79 Å². The van der Waals surface area contributed by atoms with E-state index in [1.807, 2.05) is 42.5 Å². The highest BCUT2D eigenvalue weighted by Gasteiger charge is 2.39. The minimum atomic E-state index is -0.369. The van der Waals surface area contributed by atoms with Crippen LogP contribution in [0.5, 0.6) is 0 Å². The van der Waals surface area contributed by atoms with Crippen molar-refractivity contribution in [3.8, 4) is 0 Å². The number of aryl methyl sites for hydroxylation is 1. The van der Waals surface area contributed by atoms with Crippen molar-refractivity contribution in [2.45, 2.75) is 31.8 Å². The molecule has 0 bridgehead atoms. The molecule has 1 saturated heterocycles. The standard InChI is InChI=1S/C24H28N4OS/c1-3-18-9-11-20(12-10-18)25-21(29)17-30-23-22(19-7-5-4-6-8-19)26-24(27-23)13-15-28(2)16-14-24/h4-12H,3,13-17H2,1-2H3,(H,25,29). The minimum absolute atomic E-state index is 0.0244. The van der Waals surface area contributed by atoms with Crippen molar-refractivity contribution in [2.75, 3.05) is 31.2 Å². The molecule has 30 heavy (non-hydrogen) atoms. The third kappa shape index (κ3) is 4.82. The number of hydrogen-bond acceptors (Lipinski definition) is 5. The molecule has 5 nitrogen and oxygen atoms in total. The van der Waals surface area contributed by atoms with Crippen LogP contribution < -0.4 is 5.32 Å². The number of carbonyl (C=O) groups excluding carboxylic acids is 1. The summed E-state index contributed by atoms with van der Waals surface area (Å²) in [7, 11) is 2.14. The first-order chi connectivity index (χ1) is 14.6. The monoisotopic (exact) mass is 420 g/mol. The van der Waals surface area contributed by atoms with Gasteiger partial charge in [0, 0.05) is 37.2 Å². The third-order valence-corrected chi connectivity index (χ3v) is 6.62. The number of piperidine rings is 1. The number of amides is 1. The van der Waals surface area contributed by atoms with Crippen LogP contribution in [0.15, 0.2) is 64.6 Å². The number of nitrogens with one attached hydrogen (secondary N) is 1. The maximum Gasteiger partial charge on any atom is 0.234 e. The van der Waals surface area contributed by atoms with Crippen molar-refractivity contribution in [2.24, 2.45) is 9.98 Å². The van der Waals surface area contributed by atoms with Crippen molar-refractivity contribution in [1.82, 2.24) is 4.90 Å². The van der Waals surface area contributed by atoms with Crippen molar-refractivity contribution in [1.29, 1.82) is 0 Å². The lowest BCUT2D eigenvalue weighted by Gasteiger charge is -2.33. The molecule has 0 aromatic heterocycles. The number of aliphatic imine (C=N–C) groups is 2.